The molecule has 6 heterocycles. The van der Waals surface area contributed by atoms with Crippen LogP contribution in [-0.4, -0.2) is 93.7 Å². The molecule has 0 unspecified atom stereocenters. The number of nitrogens with zero attached hydrogens (tertiary/aromatic N) is 4. The largest absolute Gasteiger partial charge is 0.463 e. The summed E-state index contributed by atoms with van der Waals surface area (Å²) in [7, 11) is 0. The van der Waals surface area contributed by atoms with Crippen molar-refractivity contribution >= 4 is 34.8 Å². The summed E-state index contributed by atoms with van der Waals surface area (Å²) in [4.78, 5) is 60.1. The van der Waals surface area contributed by atoms with E-state index in [4.69, 9.17) is 28.4 Å². The smallest absolute Gasteiger partial charge is 0.275 e. The van der Waals surface area contributed by atoms with Gasteiger partial charge in [-0.05, 0) is 91.8 Å². The molecule has 0 spiro atoms. The number of carbonyl (C=O) groups excluding carboxylic acids is 4. The highest BCUT2D eigenvalue weighted by Gasteiger charge is 2.51. The first kappa shape index (κ1) is 41.2. The standard InChI is InChI=1S/C26H24N2O5.C25H22N2O6/c1-3-15(2)27-13-22(29)28-23(25(27)30)24(19-10-8-16-6-4-5-7-18(16)19)33-26(28)17-9-11-20-21(12-17)32-14-31-20;1-14(12-28)26-11-21(29)27-22(24(26)30)23(18-8-6-15-4-2-3-5-17(15)18)33-25(27)16-7-9-19-20(10-16)32-13-31-19/h4-7,9-12,15,26H,3,8,13-14H2,1-2H3;2-5,7-10,14,25,28H,6,11-13H2,1H3/t15-,26+;14-,25-/m00/s1. The van der Waals surface area contributed by atoms with Crippen LogP contribution >= 0.6 is 0 Å². The molecule has 6 aliphatic heterocycles. The van der Waals surface area contributed by atoms with Crippen LogP contribution in [0.2, 0.25) is 0 Å². The SMILES string of the molecule is CC[C@H](C)N1CC(=O)N2C(=C(C3=CCc4ccccc43)O[C@@H]2c2ccc3c(c2)OCO3)C1=O.C[C@@H](CO)N1CC(=O)N2C(=C(C3=CCc4ccccc43)O[C@H]2c2ccc3c(c2)OCO3)C1=O. The molecule has 1 N–H and O–H groups in total. The van der Waals surface area contributed by atoms with Gasteiger partial charge in [0, 0.05) is 28.3 Å². The molecular formula is C51H46N4O11. The Balaban J connectivity index is 0.000000146. The van der Waals surface area contributed by atoms with Gasteiger partial charge < -0.3 is 43.3 Å². The molecule has 0 saturated carbocycles. The maximum Gasteiger partial charge on any atom is 0.275 e. The van der Waals surface area contributed by atoms with Crippen LogP contribution in [-0.2, 0) is 41.5 Å². The van der Waals surface area contributed by atoms with Crippen molar-refractivity contribution in [1.82, 2.24) is 19.6 Å². The number of hydrogen-bond acceptors (Lipinski definition) is 11. The number of ether oxygens (including phenoxy) is 6. The number of aliphatic hydroxyl groups is 1. The Morgan fingerprint density at radius 2 is 1.03 bits per heavy atom. The van der Waals surface area contributed by atoms with Crippen molar-refractivity contribution in [1.29, 1.82) is 0 Å². The van der Waals surface area contributed by atoms with Crippen LogP contribution in [0, 0.1) is 0 Å². The van der Waals surface area contributed by atoms with Crippen LogP contribution in [0.15, 0.2) is 120 Å². The lowest BCUT2D eigenvalue weighted by Gasteiger charge is -2.37. The fourth-order valence-electron chi connectivity index (χ4n) is 9.64. The van der Waals surface area contributed by atoms with Crippen LogP contribution in [0.4, 0.5) is 0 Å². The van der Waals surface area contributed by atoms with Gasteiger partial charge in [-0.2, -0.15) is 0 Å². The summed E-state index contributed by atoms with van der Waals surface area (Å²) < 4.78 is 34.8. The topological polar surface area (TPSA) is 157 Å². The fraction of sp³-hybridized carbons (Fsp3) is 0.294. The Morgan fingerprint density at radius 3 is 1.48 bits per heavy atom. The monoisotopic (exact) mass is 890 g/mol. The van der Waals surface area contributed by atoms with E-state index in [0.29, 0.717) is 45.8 Å². The van der Waals surface area contributed by atoms with Crippen molar-refractivity contribution in [2.24, 2.45) is 0 Å². The number of allylic oxidation sites excluding steroid dienone is 4. The molecule has 66 heavy (non-hydrogen) atoms. The maximum absolute atomic E-state index is 13.7. The Labute approximate surface area is 380 Å². The van der Waals surface area contributed by atoms with Gasteiger partial charge in [-0.25, -0.2) is 0 Å². The van der Waals surface area contributed by atoms with E-state index in [9.17, 15) is 24.3 Å². The summed E-state index contributed by atoms with van der Waals surface area (Å²) in [6.07, 6.45) is 4.80. The Bertz CT molecular complexity index is 2690. The molecule has 2 saturated heterocycles. The molecule has 2 aliphatic carbocycles. The van der Waals surface area contributed by atoms with Gasteiger partial charge in [0.2, 0.25) is 37.9 Å². The predicted octanol–water partition coefficient (Wildman–Crippen LogP) is 6.11. The minimum absolute atomic E-state index is 0.0324. The van der Waals surface area contributed by atoms with E-state index in [2.05, 4.69) is 12.1 Å². The number of benzene rings is 4. The molecule has 0 aromatic heterocycles. The van der Waals surface area contributed by atoms with E-state index >= 15 is 0 Å². The van der Waals surface area contributed by atoms with Gasteiger partial charge in [0.05, 0.1) is 12.6 Å². The van der Waals surface area contributed by atoms with E-state index in [0.717, 1.165) is 52.7 Å². The molecule has 0 radical (unpaired) electrons. The second-order valence-electron chi connectivity index (χ2n) is 17.2. The van der Waals surface area contributed by atoms with Crippen molar-refractivity contribution in [2.75, 3.05) is 33.3 Å². The van der Waals surface area contributed by atoms with Crippen LogP contribution in [0.3, 0.4) is 0 Å². The molecule has 4 amide bonds. The zero-order valence-corrected chi connectivity index (χ0v) is 36.5. The number of aliphatic hydroxyl groups excluding tert-OH is 1. The number of fused-ring (bicyclic) bond motifs is 6. The molecule has 8 aliphatic rings. The number of hydrogen-bond donors (Lipinski definition) is 1. The Kier molecular flexibility index (Phi) is 10.1. The van der Waals surface area contributed by atoms with Crippen LogP contribution in [0.5, 0.6) is 23.0 Å². The first-order chi connectivity index (χ1) is 32.1. The van der Waals surface area contributed by atoms with Gasteiger partial charge in [-0.15, -0.1) is 0 Å². The van der Waals surface area contributed by atoms with Gasteiger partial charge in [-0.3, -0.25) is 29.0 Å². The second-order valence-corrected chi connectivity index (χ2v) is 17.2. The van der Waals surface area contributed by atoms with E-state index in [-0.39, 0.29) is 68.6 Å². The highest BCUT2D eigenvalue weighted by atomic mass is 16.7. The van der Waals surface area contributed by atoms with Gasteiger partial charge in [0.15, 0.2) is 45.9 Å². The number of amides is 4. The van der Waals surface area contributed by atoms with Crippen molar-refractivity contribution in [3.63, 3.8) is 0 Å². The number of piperazine rings is 2. The molecule has 0 bridgehead atoms. The summed E-state index contributed by atoms with van der Waals surface area (Å²) in [5.74, 6) is 2.38. The zero-order valence-electron chi connectivity index (χ0n) is 36.5. The third-order valence-electron chi connectivity index (χ3n) is 13.4. The van der Waals surface area contributed by atoms with Crippen LogP contribution < -0.4 is 18.9 Å². The number of carbonyl (C=O) groups is 4. The molecule has 4 atom stereocenters. The molecule has 15 nitrogen and oxygen atoms in total. The molecule has 15 heteroatoms. The van der Waals surface area contributed by atoms with Crippen molar-refractivity contribution in [3.8, 4) is 23.0 Å². The predicted molar refractivity (Wildman–Crippen MR) is 236 cm³/mol. The summed E-state index contributed by atoms with van der Waals surface area (Å²) >= 11 is 0. The van der Waals surface area contributed by atoms with Gasteiger partial charge >= 0.3 is 0 Å². The molecular weight excluding hydrogens is 845 g/mol. The van der Waals surface area contributed by atoms with E-state index < -0.39 is 18.5 Å². The van der Waals surface area contributed by atoms with Crippen molar-refractivity contribution in [2.45, 2.75) is 64.6 Å². The van der Waals surface area contributed by atoms with Crippen molar-refractivity contribution in [3.05, 3.63) is 153 Å². The second kappa shape index (κ2) is 16.2. The molecule has 336 valence electrons. The molecule has 2 fully saturated rings. The molecule has 4 aromatic carbocycles. The summed E-state index contributed by atoms with van der Waals surface area (Å²) in [5.41, 5.74) is 7.93. The average molecular weight is 891 g/mol. The van der Waals surface area contributed by atoms with Crippen LogP contribution in [0.1, 0.15) is 73.0 Å². The van der Waals surface area contributed by atoms with Crippen LogP contribution in [0.25, 0.3) is 11.1 Å². The minimum atomic E-state index is -0.804. The quantitative estimate of drug-likeness (QED) is 0.218. The third-order valence-corrected chi connectivity index (χ3v) is 13.4. The van der Waals surface area contributed by atoms with E-state index in [1.165, 1.54) is 20.3 Å². The third kappa shape index (κ3) is 6.59. The van der Waals surface area contributed by atoms with Crippen molar-refractivity contribution < 1.29 is 52.7 Å². The molecule has 4 aromatic rings. The summed E-state index contributed by atoms with van der Waals surface area (Å²) in [5, 5.41) is 9.66. The fourth-order valence-corrected chi connectivity index (χ4v) is 9.64. The lowest BCUT2D eigenvalue weighted by Crippen LogP contribution is -2.55. The van der Waals surface area contributed by atoms with E-state index in [1.807, 2.05) is 86.7 Å². The van der Waals surface area contributed by atoms with Gasteiger partial charge in [0.25, 0.3) is 11.8 Å². The Hall–Kier alpha value is -7.52. The highest BCUT2D eigenvalue weighted by Crippen LogP contribution is 2.50. The summed E-state index contributed by atoms with van der Waals surface area (Å²) in [6, 6.07) is 26.4. The number of rotatable bonds is 8. The lowest BCUT2D eigenvalue weighted by molar-refractivity contribution is -0.152. The normalized spacial score (nSPS) is 21.8. The lowest BCUT2D eigenvalue weighted by atomic mass is 10.0. The zero-order chi connectivity index (χ0) is 45.4. The van der Waals surface area contributed by atoms with Gasteiger partial charge in [0.1, 0.15) is 13.1 Å². The average Bonchev–Trinajstić information content (AvgIpc) is 4.21. The highest BCUT2D eigenvalue weighted by molar-refractivity contribution is 6.08. The van der Waals surface area contributed by atoms with Gasteiger partial charge in [-0.1, -0.05) is 67.6 Å². The molecule has 12 rings (SSSR count). The first-order valence-corrected chi connectivity index (χ1v) is 22.2. The first-order valence-electron chi connectivity index (χ1n) is 22.2. The maximum atomic E-state index is 13.7. The summed E-state index contributed by atoms with van der Waals surface area (Å²) in [6.45, 7) is 5.67. The minimum Gasteiger partial charge on any atom is -0.463 e. The Morgan fingerprint density at radius 1 is 0.591 bits per heavy atom. The van der Waals surface area contributed by atoms with E-state index in [1.54, 1.807) is 24.0 Å².